The van der Waals surface area contributed by atoms with E-state index < -0.39 is 16.0 Å². The fourth-order valence-corrected chi connectivity index (χ4v) is 4.49. The molecule has 2 aromatic rings. The molecule has 0 spiro atoms. The number of methoxy groups -OCH3 is 1. The van der Waals surface area contributed by atoms with Gasteiger partial charge in [0.15, 0.2) is 5.03 Å². The minimum absolute atomic E-state index is 0.00231. The molecule has 0 saturated heterocycles. The van der Waals surface area contributed by atoms with Crippen LogP contribution in [0.5, 0.6) is 0 Å². The number of nitrogens with zero attached hydrogens (tertiary/aromatic N) is 2. The quantitative estimate of drug-likeness (QED) is 0.853. The summed E-state index contributed by atoms with van der Waals surface area (Å²) in [4.78, 5) is 11.8. The maximum atomic E-state index is 12.4. The molecule has 7 nitrogen and oxygen atoms in total. The normalized spacial score (nSPS) is 11.4. The Morgan fingerprint density at radius 2 is 2.19 bits per heavy atom. The standard InChI is InChI=1S/C11H12ClN3O4S2/c1-6-5-20-9(11(16)19-3)8(6)14-21(17,18)10-7(12)4-13-15(10)2/h4-5,14H,1-3H3. The molecule has 2 rings (SSSR count). The summed E-state index contributed by atoms with van der Waals surface area (Å²) >= 11 is 6.95. The number of hydrogen-bond acceptors (Lipinski definition) is 6. The Morgan fingerprint density at radius 1 is 1.52 bits per heavy atom. The number of rotatable bonds is 4. The smallest absolute Gasteiger partial charge is 0.350 e. The van der Waals surface area contributed by atoms with Crippen molar-refractivity contribution in [2.45, 2.75) is 11.9 Å². The van der Waals surface area contributed by atoms with Crippen LogP contribution in [0.15, 0.2) is 16.6 Å². The minimum atomic E-state index is -3.97. The first-order chi connectivity index (χ1) is 9.77. The number of halogens is 1. The molecule has 21 heavy (non-hydrogen) atoms. The van der Waals surface area contributed by atoms with Crippen LogP contribution in [-0.2, 0) is 21.8 Å². The van der Waals surface area contributed by atoms with E-state index in [4.69, 9.17) is 11.6 Å². The molecule has 0 amide bonds. The molecule has 0 bridgehead atoms. The van der Waals surface area contributed by atoms with Gasteiger partial charge < -0.3 is 4.74 Å². The van der Waals surface area contributed by atoms with Crippen LogP contribution >= 0.6 is 22.9 Å². The van der Waals surface area contributed by atoms with Crippen LogP contribution in [0.2, 0.25) is 5.02 Å². The van der Waals surface area contributed by atoms with Gasteiger partial charge in [0.05, 0.1) is 24.0 Å². The molecular weight excluding hydrogens is 338 g/mol. The highest BCUT2D eigenvalue weighted by molar-refractivity contribution is 7.92. The number of nitrogens with one attached hydrogen (secondary N) is 1. The third-order valence-electron chi connectivity index (χ3n) is 2.68. The fourth-order valence-electron chi connectivity index (χ4n) is 1.70. The van der Waals surface area contributed by atoms with Crippen molar-refractivity contribution >= 4 is 44.6 Å². The van der Waals surface area contributed by atoms with E-state index in [1.54, 1.807) is 12.3 Å². The minimum Gasteiger partial charge on any atom is -0.465 e. The molecule has 2 aromatic heterocycles. The number of esters is 1. The van der Waals surface area contributed by atoms with E-state index in [2.05, 4.69) is 14.6 Å². The zero-order valence-corrected chi connectivity index (χ0v) is 13.8. The van der Waals surface area contributed by atoms with Gasteiger partial charge in [-0.2, -0.15) is 13.5 Å². The van der Waals surface area contributed by atoms with Crippen molar-refractivity contribution in [1.29, 1.82) is 0 Å². The molecule has 0 aliphatic heterocycles. The summed E-state index contributed by atoms with van der Waals surface area (Å²) in [6.45, 7) is 1.69. The van der Waals surface area contributed by atoms with Crippen LogP contribution in [-0.4, -0.2) is 31.3 Å². The van der Waals surface area contributed by atoms with Crippen LogP contribution in [0, 0.1) is 6.92 Å². The van der Waals surface area contributed by atoms with Gasteiger partial charge in [0.1, 0.15) is 4.88 Å². The predicted molar refractivity (Wildman–Crippen MR) is 79.4 cm³/mol. The molecule has 1 N–H and O–H groups in total. The Bertz CT molecular complexity index is 775. The SMILES string of the molecule is COC(=O)c1scc(C)c1NS(=O)(=O)c1c(Cl)cnn1C. The zero-order chi connectivity index (χ0) is 15.8. The molecule has 0 atom stereocenters. The average molecular weight is 350 g/mol. The number of carbonyl (C=O) groups excluding carboxylic acids is 1. The van der Waals surface area contributed by atoms with E-state index in [9.17, 15) is 13.2 Å². The number of carbonyl (C=O) groups is 1. The topological polar surface area (TPSA) is 90.3 Å². The van der Waals surface area contributed by atoms with E-state index in [-0.39, 0.29) is 20.6 Å². The Morgan fingerprint density at radius 3 is 2.71 bits per heavy atom. The van der Waals surface area contributed by atoms with Gasteiger partial charge in [-0.1, -0.05) is 11.6 Å². The maximum Gasteiger partial charge on any atom is 0.350 e. The first kappa shape index (κ1) is 15.8. The summed E-state index contributed by atoms with van der Waals surface area (Å²) in [5.74, 6) is -0.609. The van der Waals surface area contributed by atoms with Gasteiger partial charge in [0.2, 0.25) is 0 Å². The van der Waals surface area contributed by atoms with Gasteiger partial charge in [-0.25, -0.2) is 4.79 Å². The Labute approximate surface area is 130 Å². The molecular formula is C11H12ClN3O4S2. The summed E-state index contributed by atoms with van der Waals surface area (Å²) in [5, 5.41) is 5.27. The third kappa shape index (κ3) is 2.89. The third-order valence-corrected chi connectivity index (χ3v) is 5.61. The highest BCUT2D eigenvalue weighted by atomic mass is 35.5. The second kappa shape index (κ2) is 5.66. The highest BCUT2D eigenvalue weighted by Crippen LogP contribution is 2.31. The largest absolute Gasteiger partial charge is 0.465 e. The van der Waals surface area contributed by atoms with Crippen LogP contribution in [0.1, 0.15) is 15.2 Å². The molecule has 114 valence electrons. The van der Waals surface area contributed by atoms with E-state index >= 15 is 0 Å². The van der Waals surface area contributed by atoms with Gasteiger partial charge >= 0.3 is 5.97 Å². The van der Waals surface area contributed by atoms with E-state index in [1.807, 2.05) is 0 Å². The summed E-state index contributed by atoms with van der Waals surface area (Å²) < 4.78 is 33.0. The number of sulfonamides is 1. The summed E-state index contributed by atoms with van der Waals surface area (Å²) in [5.41, 5.74) is 0.798. The first-order valence-corrected chi connectivity index (χ1v) is 8.38. The second-order valence-corrected chi connectivity index (χ2v) is 7.03. The van der Waals surface area contributed by atoms with E-state index in [1.165, 1.54) is 20.4 Å². The molecule has 0 radical (unpaired) electrons. The molecule has 0 aliphatic rings. The molecule has 0 saturated carbocycles. The number of anilines is 1. The van der Waals surface area contributed by atoms with Gasteiger partial charge in [-0.3, -0.25) is 9.40 Å². The monoisotopic (exact) mass is 349 g/mol. The highest BCUT2D eigenvalue weighted by Gasteiger charge is 2.27. The van der Waals surface area contributed by atoms with Crippen LogP contribution in [0.4, 0.5) is 5.69 Å². The lowest BCUT2D eigenvalue weighted by molar-refractivity contribution is 0.0607. The lowest BCUT2D eigenvalue weighted by atomic mass is 10.3. The van der Waals surface area contributed by atoms with Crippen LogP contribution < -0.4 is 4.72 Å². The van der Waals surface area contributed by atoms with Crippen molar-refractivity contribution in [3.63, 3.8) is 0 Å². The summed E-state index contributed by atoms with van der Waals surface area (Å²) in [6.07, 6.45) is 1.23. The lowest BCUT2D eigenvalue weighted by Crippen LogP contribution is -2.18. The fraction of sp³-hybridized carbons (Fsp3) is 0.273. The van der Waals surface area contributed by atoms with Crippen molar-refractivity contribution in [2.75, 3.05) is 11.8 Å². The van der Waals surface area contributed by atoms with Gasteiger partial charge in [0.25, 0.3) is 10.0 Å². The molecule has 0 unspecified atom stereocenters. The first-order valence-electron chi connectivity index (χ1n) is 5.64. The Hall–Kier alpha value is -1.58. The van der Waals surface area contributed by atoms with Crippen LogP contribution in [0.3, 0.4) is 0 Å². The van der Waals surface area contributed by atoms with Crippen molar-refractivity contribution < 1.29 is 17.9 Å². The van der Waals surface area contributed by atoms with Crippen molar-refractivity contribution in [1.82, 2.24) is 9.78 Å². The zero-order valence-electron chi connectivity index (χ0n) is 11.4. The maximum absolute atomic E-state index is 12.4. The van der Waals surface area contributed by atoms with E-state index in [0.29, 0.717) is 5.56 Å². The molecule has 0 aromatic carbocycles. The van der Waals surface area contributed by atoms with Gasteiger partial charge in [0, 0.05) is 7.05 Å². The number of hydrogen-bond donors (Lipinski definition) is 1. The summed E-state index contributed by atoms with van der Waals surface area (Å²) in [6, 6.07) is 0. The number of ether oxygens (including phenoxy) is 1. The summed E-state index contributed by atoms with van der Waals surface area (Å²) in [7, 11) is -1.28. The molecule has 0 aliphatic carbocycles. The van der Waals surface area contributed by atoms with Gasteiger partial charge in [-0.15, -0.1) is 11.3 Å². The Kier molecular flexibility index (Phi) is 4.26. The number of aromatic nitrogens is 2. The van der Waals surface area contributed by atoms with Crippen molar-refractivity contribution in [3.8, 4) is 0 Å². The lowest BCUT2D eigenvalue weighted by Gasteiger charge is -2.10. The molecule has 10 heteroatoms. The predicted octanol–water partition coefficient (Wildman–Crippen LogP) is 2.03. The van der Waals surface area contributed by atoms with Gasteiger partial charge in [-0.05, 0) is 17.9 Å². The second-order valence-electron chi connectivity index (χ2n) is 4.14. The van der Waals surface area contributed by atoms with Crippen LogP contribution in [0.25, 0.3) is 0 Å². The Balaban J connectivity index is 2.47. The number of thiophene rings is 1. The molecule has 2 heterocycles. The van der Waals surface area contributed by atoms with Crippen molar-refractivity contribution in [2.24, 2.45) is 7.05 Å². The number of aryl methyl sites for hydroxylation is 2. The average Bonchev–Trinajstić information content (AvgIpc) is 2.93. The van der Waals surface area contributed by atoms with E-state index in [0.717, 1.165) is 16.0 Å². The molecule has 0 fully saturated rings. The van der Waals surface area contributed by atoms with Crippen molar-refractivity contribution in [3.05, 3.63) is 27.0 Å².